The van der Waals surface area contributed by atoms with Gasteiger partial charge in [0.15, 0.2) is 12.4 Å². The van der Waals surface area contributed by atoms with Crippen LogP contribution in [0.25, 0.3) is 0 Å². The van der Waals surface area contributed by atoms with Crippen LogP contribution in [0.15, 0.2) is 53.0 Å². The van der Waals surface area contributed by atoms with Gasteiger partial charge in [0, 0.05) is 0 Å². The summed E-state index contributed by atoms with van der Waals surface area (Å²) in [7, 11) is 0. The van der Waals surface area contributed by atoms with Crippen LogP contribution in [0.3, 0.4) is 0 Å². The zero-order valence-electron chi connectivity index (χ0n) is 13.7. The third-order valence-electron chi connectivity index (χ3n) is 3.55. The second-order valence-electron chi connectivity index (χ2n) is 5.64. The molecule has 0 radical (unpaired) electrons. The molecule has 0 fully saturated rings. The molecule has 2 aromatic carbocycles. The van der Waals surface area contributed by atoms with Gasteiger partial charge < -0.3 is 10.1 Å². The normalized spacial score (nSPS) is 11.6. The molecular weight excluding hydrogens is 370 g/mol. The molecule has 0 aliphatic heterocycles. The summed E-state index contributed by atoms with van der Waals surface area (Å²) in [6.45, 7) is 3.31. The Morgan fingerprint density at radius 1 is 1.17 bits per heavy atom. The number of carbonyl (C=O) groups is 2. The fraction of sp³-hybridized carbons (Fsp3) is 0.263. The molecule has 0 aliphatic rings. The third-order valence-corrected chi connectivity index (χ3v) is 4.17. The van der Waals surface area contributed by atoms with E-state index in [1.165, 1.54) is 6.92 Å². The van der Waals surface area contributed by atoms with E-state index in [1.54, 1.807) is 6.07 Å². The lowest BCUT2D eigenvalue weighted by molar-refractivity contribution is -0.128. The summed E-state index contributed by atoms with van der Waals surface area (Å²) in [6.07, 6.45) is 0.468. The largest absolute Gasteiger partial charge is 0.483 e. The summed E-state index contributed by atoms with van der Waals surface area (Å²) in [4.78, 5) is 23.9. The van der Waals surface area contributed by atoms with Crippen molar-refractivity contribution in [3.63, 3.8) is 0 Å². The molecule has 0 aliphatic carbocycles. The summed E-state index contributed by atoms with van der Waals surface area (Å²) in [6, 6.07) is 14.7. The molecule has 2 rings (SSSR count). The first kappa shape index (κ1) is 18.2. The number of halogens is 1. The van der Waals surface area contributed by atoms with Crippen molar-refractivity contribution in [2.45, 2.75) is 26.3 Å². The quantitative estimate of drug-likeness (QED) is 0.788. The number of carbonyl (C=O) groups excluding carboxylic acids is 2. The van der Waals surface area contributed by atoms with Gasteiger partial charge in [0.25, 0.3) is 5.91 Å². The van der Waals surface area contributed by atoms with Crippen LogP contribution in [0, 0.1) is 6.92 Å². The third kappa shape index (κ3) is 5.49. The second-order valence-corrected chi connectivity index (χ2v) is 6.50. The Hall–Kier alpha value is -2.14. The van der Waals surface area contributed by atoms with Gasteiger partial charge in [0.05, 0.1) is 10.5 Å². The molecule has 1 atom stereocenters. The van der Waals surface area contributed by atoms with Gasteiger partial charge in [-0.15, -0.1) is 0 Å². The maximum atomic E-state index is 12.1. The fourth-order valence-electron chi connectivity index (χ4n) is 2.25. The standard InChI is InChI=1S/C19H20BrNO3/c1-13-8-9-18(16(20)10-13)24-12-19(23)21-17(14(2)22)11-15-6-4-3-5-7-15/h3-10,17H,11-12H2,1-2H3,(H,21,23)/t17-/m1/s1. The molecule has 2 aromatic rings. The Kier molecular flexibility index (Phi) is 6.55. The van der Waals surface area contributed by atoms with E-state index < -0.39 is 6.04 Å². The molecule has 0 heterocycles. The van der Waals surface area contributed by atoms with E-state index in [1.807, 2.05) is 49.4 Å². The number of hydrogen-bond donors (Lipinski definition) is 1. The number of ketones is 1. The van der Waals surface area contributed by atoms with E-state index in [9.17, 15) is 9.59 Å². The van der Waals surface area contributed by atoms with Crippen molar-refractivity contribution in [2.75, 3.05) is 6.61 Å². The minimum atomic E-state index is -0.551. The highest BCUT2D eigenvalue weighted by molar-refractivity contribution is 9.10. The first-order valence-corrected chi connectivity index (χ1v) is 8.47. The zero-order chi connectivity index (χ0) is 17.5. The molecule has 1 amide bonds. The van der Waals surface area contributed by atoms with Crippen molar-refractivity contribution in [1.82, 2.24) is 5.32 Å². The molecule has 24 heavy (non-hydrogen) atoms. The Bertz CT molecular complexity index is 716. The maximum absolute atomic E-state index is 12.1. The molecule has 0 spiro atoms. The molecule has 1 N–H and O–H groups in total. The summed E-state index contributed by atoms with van der Waals surface area (Å²) >= 11 is 3.40. The van der Waals surface area contributed by atoms with Crippen molar-refractivity contribution in [3.8, 4) is 5.75 Å². The van der Waals surface area contributed by atoms with E-state index >= 15 is 0 Å². The molecule has 0 saturated heterocycles. The molecule has 4 nitrogen and oxygen atoms in total. The Morgan fingerprint density at radius 2 is 1.88 bits per heavy atom. The molecule has 126 valence electrons. The van der Waals surface area contributed by atoms with Gasteiger partial charge in [-0.3, -0.25) is 9.59 Å². The number of aryl methyl sites for hydroxylation is 1. The van der Waals surface area contributed by atoms with Gasteiger partial charge in [-0.05, 0) is 59.5 Å². The van der Waals surface area contributed by atoms with Gasteiger partial charge >= 0.3 is 0 Å². The Labute approximate surface area is 150 Å². The highest BCUT2D eigenvalue weighted by atomic mass is 79.9. The molecule has 0 bridgehead atoms. The lowest BCUT2D eigenvalue weighted by Gasteiger charge is -2.16. The number of nitrogens with one attached hydrogen (secondary N) is 1. The van der Waals surface area contributed by atoms with Crippen molar-refractivity contribution in [3.05, 3.63) is 64.1 Å². The second kappa shape index (κ2) is 8.64. The van der Waals surface area contributed by atoms with E-state index in [0.29, 0.717) is 12.2 Å². The smallest absolute Gasteiger partial charge is 0.258 e. The minimum Gasteiger partial charge on any atom is -0.483 e. The SMILES string of the molecule is CC(=O)[C@@H](Cc1ccccc1)NC(=O)COc1ccc(C)cc1Br. The summed E-state index contributed by atoms with van der Waals surface area (Å²) in [5.74, 6) is 0.195. The maximum Gasteiger partial charge on any atom is 0.258 e. The van der Waals surface area contributed by atoms with Crippen molar-refractivity contribution in [2.24, 2.45) is 0 Å². The summed E-state index contributed by atoms with van der Waals surface area (Å²) in [5, 5.41) is 2.74. The Morgan fingerprint density at radius 3 is 2.50 bits per heavy atom. The van der Waals surface area contributed by atoms with E-state index in [2.05, 4.69) is 21.2 Å². The van der Waals surface area contributed by atoms with E-state index in [0.717, 1.165) is 15.6 Å². The van der Waals surface area contributed by atoms with Crippen LogP contribution in [0.5, 0.6) is 5.75 Å². The van der Waals surface area contributed by atoms with Crippen LogP contribution in [0.1, 0.15) is 18.1 Å². The predicted octanol–water partition coefficient (Wildman–Crippen LogP) is 3.45. The number of hydrogen-bond acceptors (Lipinski definition) is 3. The van der Waals surface area contributed by atoms with Crippen LogP contribution in [0.2, 0.25) is 0 Å². The molecule has 5 heteroatoms. The minimum absolute atomic E-state index is 0.0799. The highest BCUT2D eigenvalue weighted by Gasteiger charge is 2.18. The van der Waals surface area contributed by atoms with Crippen LogP contribution < -0.4 is 10.1 Å². The van der Waals surface area contributed by atoms with Crippen molar-refractivity contribution < 1.29 is 14.3 Å². The van der Waals surface area contributed by atoms with Crippen LogP contribution in [0.4, 0.5) is 0 Å². The number of Topliss-reactive ketones (excluding diaryl/α,β-unsaturated/α-hetero) is 1. The molecule has 0 unspecified atom stereocenters. The van der Waals surface area contributed by atoms with Crippen molar-refractivity contribution >= 4 is 27.6 Å². The number of amides is 1. The van der Waals surface area contributed by atoms with Crippen LogP contribution >= 0.6 is 15.9 Å². The topological polar surface area (TPSA) is 55.4 Å². The van der Waals surface area contributed by atoms with Crippen LogP contribution in [-0.4, -0.2) is 24.3 Å². The fourth-order valence-corrected chi connectivity index (χ4v) is 2.86. The molecular formula is C19H20BrNO3. The zero-order valence-corrected chi connectivity index (χ0v) is 15.3. The van der Waals surface area contributed by atoms with Crippen LogP contribution in [-0.2, 0) is 16.0 Å². The highest BCUT2D eigenvalue weighted by Crippen LogP contribution is 2.25. The van der Waals surface area contributed by atoms with Crippen molar-refractivity contribution in [1.29, 1.82) is 0 Å². The number of ether oxygens (including phenoxy) is 1. The average molecular weight is 390 g/mol. The lowest BCUT2D eigenvalue weighted by atomic mass is 10.0. The first-order valence-electron chi connectivity index (χ1n) is 7.68. The average Bonchev–Trinajstić information content (AvgIpc) is 2.54. The van der Waals surface area contributed by atoms with Gasteiger partial charge in [-0.25, -0.2) is 0 Å². The van der Waals surface area contributed by atoms with Gasteiger partial charge in [-0.2, -0.15) is 0 Å². The Balaban J connectivity index is 1.92. The van der Waals surface area contributed by atoms with E-state index in [-0.39, 0.29) is 18.3 Å². The first-order chi connectivity index (χ1) is 11.5. The van der Waals surface area contributed by atoms with E-state index in [4.69, 9.17) is 4.74 Å². The lowest BCUT2D eigenvalue weighted by Crippen LogP contribution is -2.43. The van der Waals surface area contributed by atoms with Gasteiger partial charge in [0.1, 0.15) is 5.75 Å². The van der Waals surface area contributed by atoms with Gasteiger partial charge in [-0.1, -0.05) is 36.4 Å². The molecule has 0 aromatic heterocycles. The molecule has 0 saturated carbocycles. The predicted molar refractivity (Wildman–Crippen MR) is 97.1 cm³/mol. The summed E-state index contributed by atoms with van der Waals surface area (Å²) in [5.41, 5.74) is 2.10. The number of rotatable bonds is 7. The van der Waals surface area contributed by atoms with Gasteiger partial charge in [0.2, 0.25) is 0 Å². The monoisotopic (exact) mass is 389 g/mol. The summed E-state index contributed by atoms with van der Waals surface area (Å²) < 4.78 is 6.31. The number of benzene rings is 2.